The van der Waals surface area contributed by atoms with Crippen LogP contribution in [0.25, 0.3) is 0 Å². The fourth-order valence-electron chi connectivity index (χ4n) is 4.18. The first kappa shape index (κ1) is 16.4. The van der Waals surface area contributed by atoms with Gasteiger partial charge in [-0.1, -0.05) is 18.2 Å². The standard InChI is InChI=1S/C23H19N3O3/c1-2-4-20-17(3-1)19-14-18(16-5-6-21-22(13-16)28-12-11-27-21)25-26(19)23(29-20)15-7-9-24-10-8-15/h1-10,13,19,23H,11-12,14H2/t19-,23+/m1/s1. The number of fused-ring (bicyclic) bond motifs is 4. The van der Waals surface area contributed by atoms with E-state index in [9.17, 15) is 0 Å². The molecule has 4 heterocycles. The van der Waals surface area contributed by atoms with Crippen LogP contribution in [-0.4, -0.2) is 28.9 Å². The topological polar surface area (TPSA) is 56.2 Å². The van der Waals surface area contributed by atoms with Crippen LogP contribution in [0.15, 0.2) is 72.1 Å². The molecule has 144 valence electrons. The van der Waals surface area contributed by atoms with Gasteiger partial charge in [-0.25, -0.2) is 5.01 Å². The minimum atomic E-state index is -0.285. The number of pyridine rings is 1. The predicted octanol–water partition coefficient (Wildman–Crippen LogP) is 4.10. The second-order valence-electron chi connectivity index (χ2n) is 7.29. The lowest BCUT2D eigenvalue weighted by Gasteiger charge is -2.38. The number of rotatable bonds is 2. The van der Waals surface area contributed by atoms with Gasteiger partial charge in [0.25, 0.3) is 0 Å². The molecular formula is C23H19N3O3. The summed E-state index contributed by atoms with van der Waals surface area (Å²) in [7, 11) is 0. The lowest BCUT2D eigenvalue weighted by molar-refractivity contribution is -0.0190. The summed E-state index contributed by atoms with van der Waals surface area (Å²) in [5.41, 5.74) is 4.27. The Balaban J connectivity index is 1.42. The van der Waals surface area contributed by atoms with Crippen molar-refractivity contribution in [1.29, 1.82) is 0 Å². The molecule has 0 radical (unpaired) electrons. The maximum atomic E-state index is 6.35. The molecule has 3 aliphatic rings. The summed E-state index contributed by atoms with van der Waals surface area (Å²) in [6, 6.07) is 18.3. The molecule has 0 unspecified atom stereocenters. The van der Waals surface area contributed by atoms with Gasteiger partial charge in [-0.2, -0.15) is 5.10 Å². The third-order valence-electron chi connectivity index (χ3n) is 5.57. The minimum absolute atomic E-state index is 0.126. The van der Waals surface area contributed by atoms with E-state index in [4.69, 9.17) is 19.3 Å². The molecular weight excluding hydrogens is 366 g/mol. The fourth-order valence-corrected chi connectivity index (χ4v) is 4.18. The van der Waals surface area contributed by atoms with Crippen LogP contribution in [0.1, 0.15) is 35.4 Å². The summed E-state index contributed by atoms with van der Waals surface area (Å²) >= 11 is 0. The van der Waals surface area contributed by atoms with E-state index in [2.05, 4.69) is 28.2 Å². The second-order valence-corrected chi connectivity index (χ2v) is 7.29. The molecule has 6 nitrogen and oxygen atoms in total. The summed E-state index contributed by atoms with van der Waals surface area (Å²) in [6.07, 6.45) is 4.10. The van der Waals surface area contributed by atoms with Crippen molar-refractivity contribution in [3.8, 4) is 17.2 Å². The Bertz CT molecular complexity index is 1100. The van der Waals surface area contributed by atoms with Crippen LogP contribution in [0.5, 0.6) is 17.2 Å². The average molecular weight is 385 g/mol. The average Bonchev–Trinajstić information content (AvgIpc) is 3.25. The van der Waals surface area contributed by atoms with E-state index in [-0.39, 0.29) is 12.3 Å². The van der Waals surface area contributed by atoms with Gasteiger partial charge in [0.2, 0.25) is 6.23 Å². The number of hydrogen-bond acceptors (Lipinski definition) is 6. The number of aromatic nitrogens is 1. The number of para-hydroxylation sites is 1. The molecule has 2 atom stereocenters. The highest BCUT2D eigenvalue weighted by Crippen LogP contribution is 2.47. The highest BCUT2D eigenvalue weighted by atomic mass is 16.6. The Kier molecular flexibility index (Phi) is 3.69. The molecule has 0 saturated carbocycles. The lowest BCUT2D eigenvalue weighted by atomic mass is 9.96. The molecule has 1 aromatic heterocycles. The first-order valence-electron chi connectivity index (χ1n) is 9.78. The van der Waals surface area contributed by atoms with Crippen molar-refractivity contribution in [2.24, 2.45) is 5.10 Å². The van der Waals surface area contributed by atoms with Crippen LogP contribution in [0.2, 0.25) is 0 Å². The smallest absolute Gasteiger partial charge is 0.213 e. The van der Waals surface area contributed by atoms with Gasteiger partial charge in [0.15, 0.2) is 11.5 Å². The fraction of sp³-hybridized carbons (Fsp3) is 0.217. The molecule has 0 amide bonds. The number of nitrogens with zero attached hydrogens (tertiary/aromatic N) is 3. The molecule has 0 aliphatic carbocycles. The monoisotopic (exact) mass is 385 g/mol. The van der Waals surface area contributed by atoms with Crippen LogP contribution in [0, 0.1) is 0 Å². The van der Waals surface area contributed by atoms with Gasteiger partial charge < -0.3 is 14.2 Å². The van der Waals surface area contributed by atoms with Crippen LogP contribution >= 0.6 is 0 Å². The first-order valence-corrected chi connectivity index (χ1v) is 9.78. The molecule has 0 saturated heterocycles. The van der Waals surface area contributed by atoms with E-state index in [0.717, 1.165) is 46.1 Å². The van der Waals surface area contributed by atoms with Crippen molar-refractivity contribution < 1.29 is 14.2 Å². The van der Waals surface area contributed by atoms with Gasteiger partial charge in [-0.15, -0.1) is 0 Å². The van der Waals surface area contributed by atoms with E-state index in [1.54, 1.807) is 12.4 Å². The molecule has 0 spiro atoms. The largest absolute Gasteiger partial charge is 0.486 e. The Morgan fingerprint density at radius 3 is 2.59 bits per heavy atom. The second kappa shape index (κ2) is 6.51. The third-order valence-corrected chi connectivity index (χ3v) is 5.57. The van der Waals surface area contributed by atoms with Crippen molar-refractivity contribution >= 4 is 5.71 Å². The number of hydrogen-bond donors (Lipinski definition) is 0. The van der Waals surface area contributed by atoms with Crippen LogP contribution in [0.4, 0.5) is 0 Å². The van der Waals surface area contributed by atoms with Crippen molar-refractivity contribution in [2.45, 2.75) is 18.7 Å². The summed E-state index contributed by atoms with van der Waals surface area (Å²) in [5.74, 6) is 2.48. The zero-order chi connectivity index (χ0) is 19.2. The maximum Gasteiger partial charge on any atom is 0.213 e. The van der Waals surface area contributed by atoms with Gasteiger partial charge in [0.1, 0.15) is 19.0 Å². The van der Waals surface area contributed by atoms with E-state index in [1.165, 1.54) is 0 Å². The highest BCUT2D eigenvalue weighted by molar-refractivity contribution is 6.02. The lowest BCUT2D eigenvalue weighted by Crippen LogP contribution is -2.33. The van der Waals surface area contributed by atoms with Gasteiger partial charge in [-0.3, -0.25) is 4.98 Å². The molecule has 6 heteroatoms. The van der Waals surface area contributed by atoms with Gasteiger partial charge in [-0.05, 0) is 36.4 Å². The van der Waals surface area contributed by atoms with Crippen LogP contribution in [0.3, 0.4) is 0 Å². The highest BCUT2D eigenvalue weighted by Gasteiger charge is 2.40. The molecule has 0 bridgehead atoms. The normalized spacial score (nSPS) is 21.7. The van der Waals surface area contributed by atoms with E-state index in [0.29, 0.717) is 13.2 Å². The number of hydrazone groups is 1. The van der Waals surface area contributed by atoms with Crippen LogP contribution in [-0.2, 0) is 0 Å². The molecule has 6 rings (SSSR count). The molecule has 0 fully saturated rings. The molecule has 29 heavy (non-hydrogen) atoms. The minimum Gasteiger partial charge on any atom is -0.486 e. The van der Waals surface area contributed by atoms with Gasteiger partial charge in [0, 0.05) is 35.5 Å². The summed E-state index contributed by atoms with van der Waals surface area (Å²) in [5, 5.41) is 7.07. The van der Waals surface area contributed by atoms with Crippen LogP contribution < -0.4 is 14.2 Å². The predicted molar refractivity (Wildman–Crippen MR) is 107 cm³/mol. The summed E-state index contributed by atoms with van der Waals surface area (Å²) in [6.45, 7) is 1.16. The van der Waals surface area contributed by atoms with Gasteiger partial charge >= 0.3 is 0 Å². The molecule has 3 aliphatic heterocycles. The SMILES string of the molecule is c1ccc2c(c1)O[C@@H](c1ccncc1)N1N=C(c3ccc4c(c3)OCCO4)C[C@H]21. The van der Waals surface area contributed by atoms with Crippen molar-refractivity contribution in [3.63, 3.8) is 0 Å². The summed E-state index contributed by atoms with van der Waals surface area (Å²) < 4.78 is 17.8. The third kappa shape index (κ3) is 2.71. The number of benzene rings is 2. The Hall–Kier alpha value is -3.54. The molecule has 0 N–H and O–H groups in total. The maximum absolute atomic E-state index is 6.35. The zero-order valence-corrected chi connectivity index (χ0v) is 15.7. The van der Waals surface area contributed by atoms with Crippen molar-refractivity contribution in [1.82, 2.24) is 9.99 Å². The molecule has 3 aromatic rings. The summed E-state index contributed by atoms with van der Waals surface area (Å²) in [4.78, 5) is 4.14. The number of ether oxygens (including phenoxy) is 3. The van der Waals surface area contributed by atoms with E-state index >= 15 is 0 Å². The Labute approximate surface area is 168 Å². The van der Waals surface area contributed by atoms with E-state index < -0.39 is 0 Å². The van der Waals surface area contributed by atoms with E-state index in [1.807, 2.05) is 36.4 Å². The first-order chi connectivity index (χ1) is 14.4. The molecule has 2 aromatic carbocycles. The quantitative estimate of drug-likeness (QED) is 0.665. The Morgan fingerprint density at radius 2 is 1.69 bits per heavy atom. The zero-order valence-electron chi connectivity index (χ0n) is 15.7. The Morgan fingerprint density at radius 1 is 0.862 bits per heavy atom. The van der Waals surface area contributed by atoms with Gasteiger partial charge in [0.05, 0.1) is 11.8 Å². The van der Waals surface area contributed by atoms with Crippen molar-refractivity contribution in [3.05, 3.63) is 83.7 Å². The van der Waals surface area contributed by atoms with Crippen molar-refractivity contribution in [2.75, 3.05) is 13.2 Å².